The molecular formula is C16H27NO2S. The Hall–Kier alpha value is -0.710. The maximum absolute atomic E-state index is 9.61. The summed E-state index contributed by atoms with van der Waals surface area (Å²) in [6.45, 7) is 7.54. The molecule has 0 heterocycles. The summed E-state index contributed by atoms with van der Waals surface area (Å²) in [5.41, 5.74) is -0.200. The van der Waals surface area contributed by atoms with Crippen LogP contribution in [-0.4, -0.2) is 36.2 Å². The second kappa shape index (κ2) is 8.55. The van der Waals surface area contributed by atoms with Crippen LogP contribution in [0, 0.1) is 0 Å². The minimum Gasteiger partial charge on any atom is -0.497 e. The first-order valence-corrected chi connectivity index (χ1v) is 8.07. The minimum atomic E-state index is -0.200. The zero-order chi connectivity index (χ0) is 15.0. The van der Waals surface area contributed by atoms with Gasteiger partial charge in [-0.2, -0.15) is 0 Å². The van der Waals surface area contributed by atoms with Gasteiger partial charge in [0.05, 0.1) is 13.7 Å². The largest absolute Gasteiger partial charge is 0.497 e. The molecule has 0 aliphatic heterocycles. The first-order valence-electron chi connectivity index (χ1n) is 7.19. The molecule has 0 bridgehead atoms. The van der Waals surface area contributed by atoms with Crippen molar-refractivity contribution in [2.45, 2.75) is 49.3 Å². The molecule has 114 valence electrons. The van der Waals surface area contributed by atoms with Crippen molar-refractivity contribution in [3.05, 3.63) is 24.3 Å². The van der Waals surface area contributed by atoms with Gasteiger partial charge in [-0.15, -0.1) is 11.8 Å². The molecule has 0 amide bonds. The molecule has 2 unspecified atom stereocenters. The Bertz CT molecular complexity index is 383. The van der Waals surface area contributed by atoms with Gasteiger partial charge < -0.3 is 15.2 Å². The maximum Gasteiger partial charge on any atom is 0.118 e. The monoisotopic (exact) mass is 297 g/mol. The van der Waals surface area contributed by atoms with Gasteiger partial charge in [0.2, 0.25) is 0 Å². The molecule has 2 atom stereocenters. The third kappa shape index (κ3) is 5.73. The molecule has 0 spiro atoms. The summed E-state index contributed by atoms with van der Waals surface area (Å²) in [5.74, 6) is 0.881. The van der Waals surface area contributed by atoms with Crippen LogP contribution in [0.2, 0.25) is 0 Å². The van der Waals surface area contributed by atoms with E-state index < -0.39 is 0 Å². The highest BCUT2D eigenvalue weighted by Crippen LogP contribution is 2.29. The number of nitrogens with one attached hydrogen (secondary N) is 1. The molecule has 1 rings (SSSR count). The van der Waals surface area contributed by atoms with Crippen molar-refractivity contribution in [2.75, 3.05) is 20.3 Å². The molecule has 3 nitrogen and oxygen atoms in total. The van der Waals surface area contributed by atoms with Crippen LogP contribution >= 0.6 is 11.8 Å². The van der Waals surface area contributed by atoms with E-state index in [4.69, 9.17) is 4.74 Å². The van der Waals surface area contributed by atoms with Crippen LogP contribution in [0.5, 0.6) is 5.75 Å². The lowest BCUT2D eigenvalue weighted by atomic mass is 9.97. The van der Waals surface area contributed by atoms with Gasteiger partial charge in [-0.25, -0.2) is 0 Å². The lowest BCUT2D eigenvalue weighted by molar-refractivity contribution is 0.166. The van der Waals surface area contributed by atoms with E-state index in [1.54, 1.807) is 7.11 Å². The number of aliphatic hydroxyl groups is 1. The molecule has 0 aliphatic rings. The zero-order valence-electron chi connectivity index (χ0n) is 13.0. The lowest BCUT2D eigenvalue weighted by Gasteiger charge is -2.31. The Balaban J connectivity index is 2.53. The number of hydrogen-bond donors (Lipinski definition) is 2. The lowest BCUT2D eigenvalue weighted by Crippen LogP contribution is -2.47. The van der Waals surface area contributed by atoms with Crippen LogP contribution in [0.4, 0.5) is 0 Å². The van der Waals surface area contributed by atoms with Crippen molar-refractivity contribution in [2.24, 2.45) is 0 Å². The molecule has 2 N–H and O–H groups in total. The number of benzene rings is 1. The Morgan fingerprint density at radius 1 is 1.35 bits per heavy atom. The SMILES string of the molecule is CCCNC(C)(CO)CC(C)Sc1ccc(OC)cc1. The normalized spacial score (nSPS) is 15.7. The van der Waals surface area contributed by atoms with Crippen molar-refractivity contribution < 1.29 is 9.84 Å². The first-order chi connectivity index (χ1) is 9.53. The van der Waals surface area contributed by atoms with Crippen molar-refractivity contribution in [3.8, 4) is 5.75 Å². The predicted molar refractivity (Wildman–Crippen MR) is 86.7 cm³/mol. The van der Waals surface area contributed by atoms with Crippen LogP contribution in [0.1, 0.15) is 33.6 Å². The van der Waals surface area contributed by atoms with Crippen molar-refractivity contribution in [1.29, 1.82) is 0 Å². The summed E-state index contributed by atoms with van der Waals surface area (Å²) in [6.07, 6.45) is 2.01. The van der Waals surface area contributed by atoms with E-state index in [1.165, 1.54) is 4.90 Å². The highest BCUT2D eigenvalue weighted by atomic mass is 32.2. The predicted octanol–water partition coefficient (Wildman–Crippen LogP) is 3.32. The highest BCUT2D eigenvalue weighted by Gasteiger charge is 2.25. The fourth-order valence-electron chi connectivity index (χ4n) is 2.18. The molecule has 1 aromatic rings. The molecule has 0 aromatic heterocycles. The maximum atomic E-state index is 9.61. The van der Waals surface area contributed by atoms with Gasteiger partial charge in [-0.1, -0.05) is 13.8 Å². The van der Waals surface area contributed by atoms with Gasteiger partial charge in [-0.05, 0) is 50.6 Å². The topological polar surface area (TPSA) is 41.5 Å². The summed E-state index contributed by atoms with van der Waals surface area (Å²) in [4.78, 5) is 1.23. The summed E-state index contributed by atoms with van der Waals surface area (Å²) in [7, 11) is 1.68. The Labute approximate surface area is 127 Å². The number of ether oxygens (including phenoxy) is 1. The van der Waals surface area contributed by atoms with E-state index in [9.17, 15) is 5.11 Å². The van der Waals surface area contributed by atoms with Gasteiger partial charge in [0, 0.05) is 15.7 Å². The first kappa shape index (κ1) is 17.3. The van der Waals surface area contributed by atoms with Crippen LogP contribution < -0.4 is 10.1 Å². The smallest absolute Gasteiger partial charge is 0.118 e. The summed E-state index contributed by atoms with van der Waals surface area (Å²) in [6, 6.07) is 8.12. The van der Waals surface area contributed by atoms with Gasteiger partial charge >= 0.3 is 0 Å². The average Bonchev–Trinajstić information content (AvgIpc) is 2.46. The van der Waals surface area contributed by atoms with Gasteiger partial charge in [0.25, 0.3) is 0 Å². The number of methoxy groups -OCH3 is 1. The second-order valence-corrected chi connectivity index (χ2v) is 6.97. The average molecular weight is 297 g/mol. The molecule has 0 fully saturated rings. The van der Waals surface area contributed by atoms with Crippen molar-refractivity contribution in [1.82, 2.24) is 5.32 Å². The molecule has 0 saturated carbocycles. The minimum absolute atomic E-state index is 0.167. The Kier molecular flexibility index (Phi) is 7.41. The van der Waals surface area contributed by atoms with Crippen molar-refractivity contribution in [3.63, 3.8) is 0 Å². The molecule has 1 aromatic carbocycles. The molecule has 0 radical (unpaired) electrons. The van der Waals surface area contributed by atoms with E-state index in [0.717, 1.165) is 25.1 Å². The van der Waals surface area contributed by atoms with Crippen molar-refractivity contribution >= 4 is 11.8 Å². The summed E-state index contributed by atoms with van der Waals surface area (Å²) >= 11 is 1.83. The molecular weight excluding hydrogens is 270 g/mol. The number of rotatable bonds is 9. The summed E-state index contributed by atoms with van der Waals surface area (Å²) < 4.78 is 5.16. The van der Waals surface area contributed by atoms with E-state index in [2.05, 4.69) is 38.2 Å². The fourth-order valence-corrected chi connectivity index (χ4v) is 3.39. The van der Waals surface area contributed by atoms with Crippen LogP contribution in [0.25, 0.3) is 0 Å². The molecule has 0 aliphatic carbocycles. The van der Waals surface area contributed by atoms with Gasteiger partial charge in [0.15, 0.2) is 0 Å². The van der Waals surface area contributed by atoms with E-state index >= 15 is 0 Å². The molecule has 4 heteroatoms. The highest BCUT2D eigenvalue weighted by molar-refractivity contribution is 7.99. The Morgan fingerprint density at radius 3 is 2.50 bits per heavy atom. The standard InChI is InChI=1S/C16H27NO2S/c1-5-10-17-16(3,12-18)11-13(2)20-15-8-6-14(19-4)7-9-15/h6-9,13,17-18H,5,10-12H2,1-4H3. The number of aliphatic hydroxyl groups excluding tert-OH is 1. The number of thioether (sulfide) groups is 1. The quantitative estimate of drug-likeness (QED) is 0.686. The zero-order valence-corrected chi connectivity index (χ0v) is 13.8. The van der Waals surface area contributed by atoms with E-state index in [1.807, 2.05) is 23.9 Å². The van der Waals surface area contributed by atoms with Gasteiger partial charge in [-0.3, -0.25) is 0 Å². The molecule has 20 heavy (non-hydrogen) atoms. The third-order valence-corrected chi connectivity index (χ3v) is 4.40. The van der Waals surface area contributed by atoms with E-state index in [-0.39, 0.29) is 12.1 Å². The van der Waals surface area contributed by atoms with Crippen LogP contribution in [0.15, 0.2) is 29.2 Å². The Morgan fingerprint density at radius 2 is 2.00 bits per heavy atom. The third-order valence-electron chi connectivity index (χ3n) is 3.29. The summed E-state index contributed by atoms with van der Waals surface area (Å²) in [5, 5.41) is 13.5. The second-order valence-electron chi connectivity index (χ2n) is 5.45. The van der Waals surface area contributed by atoms with Gasteiger partial charge in [0.1, 0.15) is 5.75 Å². The van der Waals surface area contributed by atoms with Crippen LogP contribution in [0.3, 0.4) is 0 Å². The molecule has 0 saturated heterocycles. The van der Waals surface area contributed by atoms with Crippen LogP contribution in [-0.2, 0) is 0 Å². The van der Waals surface area contributed by atoms with E-state index in [0.29, 0.717) is 5.25 Å². The number of hydrogen-bond acceptors (Lipinski definition) is 4. The fraction of sp³-hybridized carbons (Fsp3) is 0.625.